The molecule has 0 radical (unpaired) electrons. The van der Waals surface area contributed by atoms with E-state index in [0.29, 0.717) is 26.3 Å². The molecular formula is C18H19NO6. The van der Waals surface area contributed by atoms with Gasteiger partial charge in [-0.05, 0) is 24.3 Å². The molecule has 3 rings (SSSR count). The van der Waals surface area contributed by atoms with Crippen molar-refractivity contribution in [1.29, 1.82) is 0 Å². The highest BCUT2D eigenvalue weighted by molar-refractivity contribution is 5.94. The SMILES string of the molecule is O=C(O)c1ccc(C(=O)N2CC(OCCCOc3ccccc3)C2)o1. The Hall–Kier alpha value is -2.80. The Kier molecular flexibility index (Phi) is 5.35. The van der Waals surface area contributed by atoms with E-state index < -0.39 is 5.97 Å². The molecule has 1 amide bonds. The van der Waals surface area contributed by atoms with Gasteiger partial charge in [0.25, 0.3) is 5.91 Å². The second-order valence-corrected chi connectivity index (χ2v) is 5.69. The van der Waals surface area contributed by atoms with Crippen molar-refractivity contribution in [1.82, 2.24) is 4.90 Å². The van der Waals surface area contributed by atoms with Crippen LogP contribution in [-0.2, 0) is 4.74 Å². The average Bonchev–Trinajstić information content (AvgIpc) is 3.07. The number of carbonyl (C=O) groups excluding carboxylic acids is 1. The molecule has 1 saturated heterocycles. The minimum atomic E-state index is -1.19. The maximum absolute atomic E-state index is 12.1. The van der Waals surface area contributed by atoms with E-state index in [1.165, 1.54) is 12.1 Å². The predicted octanol–water partition coefficient (Wildman–Crippen LogP) is 2.29. The lowest BCUT2D eigenvalue weighted by atomic mass is 10.1. The number of carboxylic acids is 1. The topological polar surface area (TPSA) is 89.2 Å². The van der Waals surface area contributed by atoms with E-state index in [0.717, 1.165) is 12.2 Å². The van der Waals surface area contributed by atoms with Crippen molar-refractivity contribution in [3.63, 3.8) is 0 Å². The fourth-order valence-corrected chi connectivity index (χ4v) is 2.45. The molecular weight excluding hydrogens is 326 g/mol. The van der Waals surface area contributed by atoms with Crippen LogP contribution in [0.2, 0.25) is 0 Å². The summed E-state index contributed by atoms with van der Waals surface area (Å²) in [7, 11) is 0. The molecule has 7 nitrogen and oxygen atoms in total. The average molecular weight is 345 g/mol. The Morgan fingerprint density at radius 1 is 1.08 bits per heavy atom. The number of aromatic carboxylic acids is 1. The van der Waals surface area contributed by atoms with Crippen LogP contribution in [0.4, 0.5) is 0 Å². The number of likely N-dealkylation sites (tertiary alicyclic amines) is 1. The lowest BCUT2D eigenvalue weighted by Gasteiger charge is -2.38. The zero-order valence-electron chi connectivity index (χ0n) is 13.6. The van der Waals surface area contributed by atoms with Gasteiger partial charge in [0.05, 0.1) is 19.3 Å². The molecule has 7 heteroatoms. The molecule has 0 unspecified atom stereocenters. The highest BCUT2D eigenvalue weighted by Crippen LogP contribution is 2.18. The summed E-state index contributed by atoms with van der Waals surface area (Å²) in [6.45, 7) is 2.08. The number of hydrogen-bond acceptors (Lipinski definition) is 5. The number of furan rings is 1. The molecule has 1 aromatic carbocycles. The maximum Gasteiger partial charge on any atom is 0.371 e. The van der Waals surface area contributed by atoms with Crippen LogP contribution in [0.3, 0.4) is 0 Å². The molecule has 0 aliphatic carbocycles. The molecule has 2 heterocycles. The second kappa shape index (κ2) is 7.85. The number of ether oxygens (including phenoxy) is 2. The molecule has 132 valence electrons. The summed E-state index contributed by atoms with van der Waals surface area (Å²) in [5.41, 5.74) is 0. The summed E-state index contributed by atoms with van der Waals surface area (Å²) >= 11 is 0. The molecule has 1 N–H and O–H groups in total. The summed E-state index contributed by atoms with van der Waals surface area (Å²) in [5.74, 6) is -0.884. The molecule has 2 aromatic rings. The highest BCUT2D eigenvalue weighted by Gasteiger charge is 2.33. The van der Waals surface area contributed by atoms with Gasteiger partial charge in [0.1, 0.15) is 5.75 Å². The molecule has 1 aromatic heterocycles. The van der Waals surface area contributed by atoms with Crippen LogP contribution in [0.25, 0.3) is 0 Å². The number of hydrogen-bond donors (Lipinski definition) is 1. The van der Waals surface area contributed by atoms with Gasteiger partial charge in [0.2, 0.25) is 5.76 Å². The first-order chi connectivity index (χ1) is 12.1. The third-order valence-corrected chi connectivity index (χ3v) is 3.82. The molecule has 0 atom stereocenters. The first-order valence-corrected chi connectivity index (χ1v) is 8.05. The van der Waals surface area contributed by atoms with Crippen molar-refractivity contribution in [2.45, 2.75) is 12.5 Å². The first-order valence-electron chi connectivity index (χ1n) is 8.05. The van der Waals surface area contributed by atoms with Gasteiger partial charge in [-0.2, -0.15) is 0 Å². The first kappa shape index (κ1) is 17.0. The maximum atomic E-state index is 12.1. The number of amides is 1. The zero-order chi connectivity index (χ0) is 17.6. The molecule has 1 aliphatic rings. The van der Waals surface area contributed by atoms with Gasteiger partial charge in [0.15, 0.2) is 5.76 Å². The van der Waals surface area contributed by atoms with Gasteiger partial charge >= 0.3 is 5.97 Å². The lowest BCUT2D eigenvalue weighted by molar-refractivity contribution is -0.0458. The van der Waals surface area contributed by atoms with Gasteiger partial charge in [0, 0.05) is 19.5 Å². The summed E-state index contributed by atoms with van der Waals surface area (Å²) in [5, 5.41) is 8.80. The minimum Gasteiger partial charge on any atom is -0.494 e. The van der Waals surface area contributed by atoms with Gasteiger partial charge in [-0.25, -0.2) is 4.79 Å². The van der Waals surface area contributed by atoms with Crippen LogP contribution >= 0.6 is 0 Å². The van der Waals surface area contributed by atoms with Crippen LogP contribution < -0.4 is 4.74 Å². The fraction of sp³-hybridized carbons (Fsp3) is 0.333. The van der Waals surface area contributed by atoms with Crippen molar-refractivity contribution in [3.8, 4) is 5.75 Å². The monoisotopic (exact) mass is 345 g/mol. The van der Waals surface area contributed by atoms with Gasteiger partial charge in [-0.1, -0.05) is 18.2 Å². The third-order valence-electron chi connectivity index (χ3n) is 3.82. The number of rotatable bonds is 8. The van der Waals surface area contributed by atoms with E-state index in [4.69, 9.17) is 19.0 Å². The quantitative estimate of drug-likeness (QED) is 0.739. The van der Waals surface area contributed by atoms with Crippen molar-refractivity contribution in [2.75, 3.05) is 26.3 Å². The van der Waals surface area contributed by atoms with Crippen LogP contribution in [0.1, 0.15) is 27.5 Å². The molecule has 1 fully saturated rings. The second-order valence-electron chi connectivity index (χ2n) is 5.69. The lowest BCUT2D eigenvalue weighted by Crippen LogP contribution is -2.54. The van der Waals surface area contributed by atoms with Gasteiger partial charge in [-0.15, -0.1) is 0 Å². The van der Waals surface area contributed by atoms with Gasteiger partial charge < -0.3 is 23.9 Å². The van der Waals surface area contributed by atoms with Crippen LogP contribution in [0.15, 0.2) is 46.9 Å². The summed E-state index contributed by atoms with van der Waals surface area (Å²) in [6.07, 6.45) is 0.758. The smallest absolute Gasteiger partial charge is 0.371 e. The standard InChI is InChI=1S/C18H19NO6/c20-17(15-7-8-16(25-15)18(21)22)19-11-14(12-19)24-10-4-9-23-13-5-2-1-3-6-13/h1-3,5-8,14H,4,9-12H2,(H,21,22). The van der Waals surface area contributed by atoms with E-state index >= 15 is 0 Å². The summed E-state index contributed by atoms with van der Waals surface area (Å²) < 4.78 is 16.3. The fourth-order valence-electron chi connectivity index (χ4n) is 2.45. The van der Waals surface area contributed by atoms with Crippen molar-refractivity contribution in [3.05, 3.63) is 54.0 Å². The molecule has 0 bridgehead atoms. The molecule has 0 spiro atoms. The normalized spacial score (nSPS) is 14.2. The van der Waals surface area contributed by atoms with E-state index in [-0.39, 0.29) is 23.5 Å². The number of carbonyl (C=O) groups is 2. The number of benzene rings is 1. The van der Waals surface area contributed by atoms with E-state index in [1.807, 2.05) is 30.3 Å². The predicted molar refractivity (Wildman–Crippen MR) is 87.9 cm³/mol. The zero-order valence-corrected chi connectivity index (χ0v) is 13.6. The molecule has 1 aliphatic heterocycles. The number of carboxylic acid groups (broad SMARTS) is 1. The summed E-state index contributed by atoms with van der Waals surface area (Å²) in [4.78, 5) is 24.4. The van der Waals surface area contributed by atoms with Crippen LogP contribution in [-0.4, -0.2) is 54.3 Å². The Morgan fingerprint density at radius 2 is 1.80 bits per heavy atom. The number of para-hydroxylation sites is 1. The van der Waals surface area contributed by atoms with E-state index in [2.05, 4.69) is 0 Å². The van der Waals surface area contributed by atoms with Crippen LogP contribution in [0.5, 0.6) is 5.75 Å². The van der Waals surface area contributed by atoms with E-state index in [1.54, 1.807) is 4.90 Å². The van der Waals surface area contributed by atoms with Crippen molar-refractivity contribution in [2.24, 2.45) is 0 Å². The Bertz CT molecular complexity index is 720. The Balaban J connectivity index is 1.31. The third kappa shape index (κ3) is 4.39. The van der Waals surface area contributed by atoms with Gasteiger partial charge in [-0.3, -0.25) is 4.79 Å². The minimum absolute atomic E-state index is 0.00502. The Morgan fingerprint density at radius 3 is 2.48 bits per heavy atom. The molecule has 0 saturated carbocycles. The highest BCUT2D eigenvalue weighted by atomic mass is 16.5. The van der Waals surface area contributed by atoms with E-state index in [9.17, 15) is 9.59 Å². The molecule has 25 heavy (non-hydrogen) atoms. The van der Waals surface area contributed by atoms with Crippen molar-refractivity contribution >= 4 is 11.9 Å². The largest absolute Gasteiger partial charge is 0.494 e. The van der Waals surface area contributed by atoms with Crippen molar-refractivity contribution < 1.29 is 28.6 Å². The summed E-state index contributed by atoms with van der Waals surface area (Å²) in [6, 6.07) is 12.2. The van der Waals surface area contributed by atoms with Crippen LogP contribution in [0, 0.1) is 0 Å². The Labute approximate surface area is 144 Å². The number of nitrogens with zero attached hydrogens (tertiary/aromatic N) is 1.